The number of rotatable bonds is 4. The molecule has 0 radical (unpaired) electrons. The number of hydrogen-bond acceptors (Lipinski definition) is 3. The van der Waals surface area contributed by atoms with Gasteiger partial charge >= 0.3 is 0 Å². The van der Waals surface area contributed by atoms with Crippen LogP contribution in [0.1, 0.15) is 12.5 Å². The molecular formula is C13H16ClNO2. The number of ether oxygens (including phenoxy) is 1. The molecule has 3 nitrogen and oxygen atoms in total. The topological polar surface area (TPSA) is 41.5 Å². The van der Waals surface area contributed by atoms with Crippen LogP contribution < -0.4 is 10.1 Å². The van der Waals surface area contributed by atoms with Crippen molar-refractivity contribution in [1.29, 1.82) is 0 Å². The molecule has 1 aliphatic rings. The number of nitrogens with one attached hydrogen (secondary N) is 1. The molecular weight excluding hydrogens is 238 g/mol. The van der Waals surface area contributed by atoms with Crippen LogP contribution in [0.3, 0.4) is 0 Å². The van der Waals surface area contributed by atoms with Gasteiger partial charge in [-0.2, -0.15) is 0 Å². The van der Waals surface area contributed by atoms with Crippen molar-refractivity contribution < 1.29 is 9.84 Å². The zero-order valence-electron chi connectivity index (χ0n) is 9.74. The Kier molecular flexibility index (Phi) is 4.05. The van der Waals surface area contributed by atoms with E-state index < -0.39 is 0 Å². The predicted molar refractivity (Wildman–Crippen MR) is 69.5 cm³/mol. The third-order valence-corrected chi connectivity index (χ3v) is 2.77. The van der Waals surface area contributed by atoms with Crippen LogP contribution in [0.15, 0.2) is 23.8 Å². The van der Waals surface area contributed by atoms with E-state index in [0.717, 1.165) is 23.4 Å². The van der Waals surface area contributed by atoms with E-state index in [0.29, 0.717) is 18.2 Å². The van der Waals surface area contributed by atoms with Gasteiger partial charge in [0, 0.05) is 23.7 Å². The Morgan fingerprint density at radius 3 is 3.12 bits per heavy atom. The summed E-state index contributed by atoms with van der Waals surface area (Å²) in [7, 11) is 0. The lowest BCUT2D eigenvalue weighted by molar-refractivity contribution is 0.192. The van der Waals surface area contributed by atoms with Crippen LogP contribution in [-0.4, -0.2) is 30.9 Å². The normalized spacial score (nSPS) is 15.8. The number of fused-ring (bicyclic) bond motifs is 1. The molecule has 4 heteroatoms. The zero-order chi connectivity index (χ0) is 12.3. The third kappa shape index (κ3) is 3.46. The molecule has 2 rings (SSSR count). The third-order valence-electron chi connectivity index (χ3n) is 2.54. The summed E-state index contributed by atoms with van der Waals surface area (Å²) in [4.78, 5) is 0. The first-order chi connectivity index (χ1) is 8.15. The molecule has 0 saturated carbocycles. The average molecular weight is 254 g/mol. The van der Waals surface area contributed by atoms with E-state index in [4.69, 9.17) is 21.4 Å². The van der Waals surface area contributed by atoms with E-state index in [9.17, 15) is 0 Å². The lowest BCUT2D eigenvalue weighted by atomic mass is 10.1. The summed E-state index contributed by atoms with van der Waals surface area (Å²) in [6.07, 6.45) is 1.75. The Labute approximate surface area is 106 Å². The van der Waals surface area contributed by atoms with E-state index in [1.165, 1.54) is 0 Å². The molecule has 92 valence electrons. The van der Waals surface area contributed by atoms with Gasteiger partial charge in [0.05, 0.1) is 6.10 Å². The number of aliphatic hydroxyl groups excluding tert-OH is 1. The first kappa shape index (κ1) is 12.4. The Hall–Kier alpha value is -1.03. The summed E-state index contributed by atoms with van der Waals surface area (Å²) in [6, 6.07) is 5.60. The van der Waals surface area contributed by atoms with Crippen LogP contribution in [0.4, 0.5) is 0 Å². The molecule has 0 amide bonds. The van der Waals surface area contributed by atoms with Gasteiger partial charge in [0.2, 0.25) is 0 Å². The van der Waals surface area contributed by atoms with E-state index in [1.807, 2.05) is 18.2 Å². The highest BCUT2D eigenvalue weighted by Crippen LogP contribution is 2.28. The van der Waals surface area contributed by atoms with Gasteiger partial charge in [-0.3, -0.25) is 0 Å². The molecule has 1 aliphatic heterocycles. The number of benzene rings is 1. The van der Waals surface area contributed by atoms with E-state index >= 15 is 0 Å². The zero-order valence-corrected chi connectivity index (χ0v) is 10.5. The smallest absolute Gasteiger partial charge is 0.127 e. The Morgan fingerprint density at radius 2 is 2.35 bits per heavy atom. The maximum atomic E-state index is 9.15. The molecule has 17 heavy (non-hydrogen) atoms. The molecule has 2 N–H and O–H groups in total. The van der Waals surface area contributed by atoms with Crippen molar-refractivity contribution in [3.05, 3.63) is 34.4 Å². The van der Waals surface area contributed by atoms with Crippen LogP contribution in [0.2, 0.25) is 5.02 Å². The van der Waals surface area contributed by atoms with Crippen LogP contribution in [0.5, 0.6) is 5.75 Å². The van der Waals surface area contributed by atoms with Crippen molar-refractivity contribution >= 4 is 17.7 Å². The highest BCUT2D eigenvalue weighted by atomic mass is 35.5. The van der Waals surface area contributed by atoms with Crippen molar-refractivity contribution in [1.82, 2.24) is 5.32 Å². The quantitative estimate of drug-likeness (QED) is 0.863. The van der Waals surface area contributed by atoms with Gasteiger partial charge in [0.1, 0.15) is 12.4 Å². The van der Waals surface area contributed by atoms with Crippen LogP contribution >= 0.6 is 11.6 Å². The first-order valence-electron chi connectivity index (χ1n) is 5.66. The van der Waals surface area contributed by atoms with Crippen molar-refractivity contribution in [2.75, 3.05) is 19.7 Å². The minimum absolute atomic E-state index is 0.332. The highest BCUT2D eigenvalue weighted by molar-refractivity contribution is 6.30. The fourth-order valence-corrected chi connectivity index (χ4v) is 1.92. The minimum Gasteiger partial charge on any atom is -0.489 e. The number of hydrogen-bond donors (Lipinski definition) is 2. The monoisotopic (exact) mass is 253 g/mol. The SMILES string of the molecule is C[C@@H](O)CNCC1=Cc2cc(Cl)ccc2OC1. The fourth-order valence-electron chi connectivity index (χ4n) is 1.74. The average Bonchev–Trinajstić information content (AvgIpc) is 2.28. The second kappa shape index (κ2) is 5.54. The molecule has 0 spiro atoms. The summed E-state index contributed by atoms with van der Waals surface area (Å²) in [5, 5.41) is 13.0. The Bertz CT molecular complexity index is 429. The molecule has 0 saturated heterocycles. The van der Waals surface area contributed by atoms with Gasteiger partial charge in [0.25, 0.3) is 0 Å². The number of halogens is 1. The molecule has 0 unspecified atom stereocenters. The van der Waals surface area contributed by atoms with Crippen LogP contribution in [-0.2, 0) is 0 Å². The minimum atomic E-state index is -0.332. The largest absolute Gasteiger partial charge is 0.489 e. The van der Waals surface area contributed by atoms with Crippen molar-refractivity contribution in [3.8, 4) is 5.75 Å². The molecule has 1 aromatic rings. The van der Waals surface area contributed by atoms with E-state index in [2.05, 4.69) is 11.4 Å². The summed E-state index contributed by atoms with van der Waals surface area (Å²) < 4.78 is 5.62. The lowest BCUT2D eigenvalue weighted by Crippen LogP contribution is -2.28. The fraction of sp³-hybridized carbons (Fsp3) is 0.385. The number of aliphatic hydroxyl groups is 1. The van der Waals surface area contributed by atoms with Crippen molar-refractivity contribution in [3.63, 3.8) is 0 Å². The molecule has 0 aromatic heterocycles. The van der Waals surface area contributed by atoms with E-state index in [-0.39, 0.29) is 6.10 Å². The molecule has 0 aliphatic carbocycles. The van der Waals surface area contributed by atoms with Gasteiger partial charge in [-0.25, -0.2) is 0 Å². The van der Waals surface area contributed by atoms with Gasteiger partial charge in [-0.15, -0.1) is 0 Å². The van der Waals surface area contributed by atoms with Gasteiger partial charge in [0.15, 0.2) is 0 Å². The van der Waals surface area contributed by atoms with E-state index in [1.54, 1.807) is 6.92 Å². The Morgan fingerprint density at radius 1 is 1.53 bits per heavy atom. The summed E-state index contributed by atoms with van der Waals surface area (Å²) in [6.45, 7) is 3.64. The Balaban J connectivity index is 2.02. The molecule has 1 heterocycles. The van der Waals surface area contributed by atoms with Crippen LogP contribution in [0.25, 0.3) is 6.08 Å². The lowest BCUT2D eigenvalue weighted by Gasteiger charge is -2.18. The van der Waals surface area contributed by atoms with Gasteiger partial charge in [-0.1, -0.05) is 11.6 Å². The highest BCUT2D eigenvalue weighted by Gasteiger charge is 2.11. The summed E-state index contributed by atoms with van der Waals surface area (Å²) in [5.41, 5.74) is 2.16. The van der Waals surface area contributed by atoms with Gasteiger partial charge < -0.3 is 15.2 Å². The molecule has 1 aromatic carbocycles. The van der Waals surface area contributed by atoms with Gasteiger partial charge in [-0.05, 0) is 36.8 Å². The molecule has 0 bridgehead atoms. The first-order valence-corrected chi connectivity index (χ1v) is 6.03. The maximum Gasteiger partial charge on any atom is 0.127 e. The van der Waals surface area contributed by atoms with Crippen molar-refractivity contribution in [2.45, 2.75) is 13.0 Å². The van der Waals surface area contributed by atoms with Crippen molar-refractivity contribution in [2.24, 2.45) is 0 Å². The maximum absolute atomic E-state index is 9.15. The standard InChI is InChI=1S/C13H16ClNO2/c1-9(16)6-15-7-10-4-11-5-12(14)2-3-13(11)17-8-10/h2-5,9,15-16H,6-8H2,1H3/t9-/m1/s1. The van der Waals surface area contributed by atoms with Crippen LogP contribution in [0, 0.1) is 0 Å². The summed E-state index contributed by atoms with van der Waals surface area (Å²) in [5.74, 6) is 0.869. The summed E-state index contributed by atoms with van der Waals surface area (Å²) >= 11 is 5.94. The molecule has 0 fully saturated rings. The second-order valence-electron chi connectivity index (χ2n) is 4.25. The predicted octanol–water partition coefficient (Wildman–Crippen LogP) is 2.09. The molecule has 1 atom stereocenters. The second-order valence-corrected chi connectivity index (χ2v) is 4.69.